The van der Waals surface area contributed by atoms with E-state index in [4.69, 9.17) is 0 Å². The molecular weight excluding hydrogens is 389 g/mol. The van der Waals surface area contributed by atoms with Crippen molar-refractivity contribution in [2.24, 2.45) is 0 Å². The number of nitrogens with one attached hydrogen (secondary N) is 1. The maximum absolute atomic E-state index is 14.0. The van der Waals surface area contributed by atoms with Crippen LogP contribution in [0, 0.1) is 5.82 Å². The van der Waals surface area contributed by atoms with Gasteiger partial charge in [-0.3, -0.25) is 0 Å². The topological polar surface area (TPSA) is 58.1 Å². The Morgan fingerprint density at radius 2 is 1.86 bits per heavy atom. The molecule has 1 aliphatic heterocycles. The van der Waals surface area contributed by atoms with Gasteiger partial charge in [-0.15, -0.1) is 0 Å². The van der Waals surface area contributed by atoms with Crippen molar-refractivity contribution in [3.05, 3.63) is 77.2 Å². The summed E-state index contributed by atoms with van der Waals surface area (Å²) < 4.78 is 15.5. The minimum Gasteiger partial charge on any atom is -0.492 e. The number of piperazine rings is 1. The molecule has 2 aromatic carbocycles. The highest BCUT2D eigenvalue weighted by molar-refractivity contribution is 7.17. The summed E-state index contributed by atoms with van der Waals surface area (Å²) in [5, 5.41) is 14.9. The third kappa shape index (κ3) is 3.34. The number of hydrogen-bond donors (Lipinski definition) is 2. The number of rotatable bonds is 4. The monoisotopic (exact) mass is 410 g/mol. The minimum absolute atomic E-state index is 0.0924. The van der Waals surface area contributed by atoms with Crippen LogP contribution < -0.4 is 9.80 Å². The van der Waals surface area contributed by atoms with Crippen LogP contribution in [0.1, 0.15) is 16.5 Å². The summed E-state index contributed by atoms with van der Waals surface area (Å²) in [4.78, 5) is 9.29. The lowest BCUT2D eigenvalue weighted by molar-refractivity contribution is -0.925. The molecule has 3 heterocycles. The molecule has 148 valence electrons. The second-order valence-electron chi connectivity index (χ2n) is 7.21. The highest BCUT2D eigenvalue weighted by Crippen LogP contribution is 2.34. The molecule has 1 aliphatic rings. The van der Waals surface area contributed by atoms with E-state index in [0.29, 0.717) is 4.96 Å². The SMILES string of the molecule is Oc1c([C@@H](c2cccc(F)c2)[NH+]2CCN(c3ccccc3)CC2)sc2ncnn12. The van der Waals surface area contributed by atoms with E-state index in [0.717, 1.165) is 36.6 Å². The lowest BCUT2D eigenvalue weighted by Gasteiger charge is -2.37. The Bertz CT molecular complexity index is 1120. The first-order valence-electron chi connectivity index (χ1n) is 9.62. The molecule has 1 atom stereocenters. The van der Waals surface area contributed by atoms with Crippen molar-refractivity contribution in [2.45, 2.75) is 6.04 Å². The van der Waals surface area contributed by atoms with Crippen LogP contribution in [0.5, 0.6) is 5.88 Å². The predicted octanol–water partition coefficient (Wildman–Crippen LogP) is 2.13. The van der Waals surface area contributed by atoms with E-state index in [2.05, 4.69) is 39.2 Å². The fourth-order valence-electron chi connectivity index (χ4n) is 4.12. The highest BCUT2D eigenvalue weighted by Gasteiger charge is 2.35. The molecule has 0 saturated carbocycles. The van der Waals surface area contributed by atoms with Gasteiger partial charge in [0.05, 0.1) is 26.2 Å². The van der Waals surface area contributed by atoms with Crippen molar-refractivity contribution >= 4 is 22.0 Å². The standard InChI is InChI=1S/C21H20FN5OS/c22-16-6-4-5-15(13-16)18(19-20(28)27-21(29-19)23-14-24-27)26-11-9-25(10-12-26)17-7-2-1-3-8-17/h1-8,13-14,18,28H,9-12H2/p+1/t18-/m1/s1. The quantitative estimate of drug-likeness (QED) is 0.541. The molecule has 1 fully saturated rings. The van der Waals surface area contributed by atoms with Gasteiger partial charge >= 0.3 is 0 Å². The maximum Gasteiger partial charge on any atom is 0.235 e. The molecule has 1 saturated heterocycles. The summed E-state index contributed by atoms with van der Waals surface area (Å²) in [6.45, 7) is 3.55. The molecular formula is C21H21FN5OS+. The summed E-state index contributed by atoms with van der Waals surface area (Å²) in [7, 11) is 0. The maximum atomic E-state index is 14.0. The highest BCUT2D eigenvalue weighted by atomic mass is 32.1. The Balaban J connectivity index is 1.48. The Morgan fingerprint density at radius 3 is 2.59 bits per heavy atom. The summed E-state index contributed by atoms with van der Waals surface area (Å²) in [6, 6.07) is 16.9. The Hall–Kier alpha value is -2.97. The average molecular weight is 410 g/mol. The number of fused-ring (bicyclic) bond motifs is 1. The summed E-state index contributed by atoms with van der Waals surface area (Å²) in [5.41, 5.74) is 2.07. The fourth-order valence-corrected chi connectivity index (χ4v) is 5.24. The number of para-hydroxylation sites is 1. The third-order valence-corrected chi connectivity index (χ3v) is 6.62. The third-order valence-electron chi connectivity index (χ3n) is 5.52. The van der Waals surface area contributed by atoms with Crippen LogP contribution in [0.3, 0.4) is 0 Å². The van der Waals surface area contributed by atoms with Gasteiger partial charge in [0, 0.05) is 11.3 Å². The van der Waals surface area contributed by atoms with Gasteiger partial charge in [0.2, 0.25) is 10.8 Å². The van der Waals surface area contributed by atoms with Gasteiger partial charge in [-0.2, -0.15) is 9.61 Å². The predicted molar refractivity (Wildman–Crippen MR) is 110 cm³/mol. The smallest absolute Gasteiger partial charge is 0.235 e. The Kier molecular flexibility index (Phi) is 4.65. The van der Waals surface area contributed by atoms with Gasteiger partial charge in [0.15, 0.2) is 6.04 Å². The zero-order chi connectivity index (χ0) is 19.8. The molecule has 0 aliphatic carbocycles. The van der Waals surface area contributed by atoms with E-state index in [1.165, 1.54) is 38.8 Å². The van der Waals surface area contributed by atoms with E-state index in [9.17, 15) is 9.50 Å². The van der Waals surface area contributed by atoms with E-state index >= 15 is 0 Å². The second kappa shape index (κ2) is 7.46. The van der Waals surface area contributed by atoms with Gasteiger partial charge < -0.3 is 14.9 Å². The number of quaternary nitrogens is 1. The van der Waals surface area contributed by atoms with Crippen LogP contribution in [0.4, 0.5) is 10.1 Å². The van der Waals surface area contributed by atoms with Gasteiger partial charge in [-0.1, -0.05) is 41.7 Å². The first-order chi connectivity index (χ1) is 14.2. The molecule has 2 aromatic heterocycles. The van der Waals surface area contributed by atoms with Crippen molar-refractivity contribution in [3.63, 3.8) is 0 Å². The van der Waals surface area contributed by atoms with Crippen LogP contribution in [-0.4, -0.2) is 45.9 Å². The molecule has 0 bridgehead atoms. The number of aromatic hydroxyl groups is 1. The van der Waals surface area contributed by atoms with Crippen molar-refractivity contribution in [2.75, 3.05) is 31.1 Å². The van der Waals surface area contributed by atoms with Crippen LogP contribution in [-0.2, 0) is 0 Å². The van der Waals surface area contributed by atoms with E-state index in [1.807, 2.05) is 12.1 Å². The van der Waals surface area contributed by atoms with Crippen molar-refractivity contribution in [3.8, 4) is 5.88 Å². The van der Waals surface area contributed by atoms with E-state index < -0.39 is 0 Å². The molecule has 0 spiro atoms. The zero-order valence-corrected chi connectivity index (χ0v) is 16.5. The normalized spacial score (nSPS) is 16.4. The number of nitrogens with zero attached hydrogens (tertiary/aromatic N) is 4. The Labute approximate surface area is 171 Å². The van der Waals surface area contributed by atoms with Gasteiger partial charge in [-0.05, 0) is 24.3 Å². The first-order valence-corrected chi connectivity index (χ1v) is 10.4. The number of halogens is 1. The van der Waals surface area contributed by atoms with Gasteiger partial charge in [0.1, 0.15) is 17.0 Å². The number of aromatic nitrogens is 3. The lowest BCUT2D eigenvalue weighted by Crippen LogP contribution is -3.15. The molecule has 8 heteroatoms. The number of anilines is 1. The zero-order valence-electron chi connectivity index (χ0n) is 15.7. The molecule has 5 rings (SSSR count). The molecule has 0 radical (unpaired) electrons. The van der Waals surface area contributed by atoms with Crippen molar-refractivity contribution < 1.29 is 14.4 Å². The molecule has 0 amide bonds. The number of benzene rings is 2. The van der Waals surface area contributed by atoms with E-state index in [-0.39, 0.29) is 17.7 Å². The fraction of sp³-hybridized carbons (Fsp3) is 0.238. The number of thiazole rings is 1. The van der Waals surface area contributed by atoms with Crippen LogP contribution >= 0.6 is 11.3 Å². The Morgan fingerprint density at radius 1 is 1.07 bits per heavy atom. The first kappa shape index (κ1) is 18.1. The lowest BCUT2D eigenvalue weighted by atomic mass is 10.0. The average Bonchev–Trinajstić information content (AvgIpc) is 3.33. The van der Waals surface area contributed by atoms with Gasteiger partial charge in [0.25, 0.3) is 0 Å². The summed E-state index contributed by atoms with van der Waals surface area (Å²) in [5.74, 6) is -0.177. The molecule has 4 aromatic rings. The second-order valence-corrected chi connectivity index (χ2v) is 8.22. The molecule has 0 unspecified atom stereocenters. The molecule has 6 nitrogen and oxygen atoms in total. The molecule has 29 heavy (non-hydrogen) atoms. The van der Waals surface area contributed by atoms with Crippen molar-refractivity contribution in [1.29, 1.82) is 0 Å². The summed E-state index contributed by atoms with van der Waals surface area (Å²) in [6.07, 6.45) is 1.43. The van der Waals surface area contributed by atoms with Crippen LogP contribution in [0.15, 0.2) is 60.9 Å². The summed E-state index contributed by atoms with van der Waals surface area (Å²) >= 11 is 1.41. The largest absolute Gasteiger partial charge is 0.492 e. The van der Waals surface area contributed by atoms with Gasteiger partial charge in [-0.25, -0.2) is 9.37 Å². The van der Waals surface area contributed by atoms with Crippen molar-refractivity contribution in [1.82, 2.24) is 14.6 Å². The van der Waals surface area contributed by atoms with Crippen LogP contribution in [0.2, 0.25) is 0 Å². The molecule has 2 N–H and O–H groups in total. The van der Waals surface area contributed by atoms with E-state index in [1.54, 1.807) is 12.1 Å². The minimum atomic E-state index is -0.270. The number of hydrogen-bond acceptors (Lipinski definition) is 5. The van der Waals surface area contributed by atoms with Crippen LogP contribution in [0.25, 0.3) is 4.96 Å².